The van der Waals surface area contributed by atoms with Crippen LogP contribution in [0.25, 0.3) is 11.3 Å². The summed E-state index contributed by atoms with van der Waals surface area (Å²) in [7, 11) is 2.38. The van der Waals surface area contributed by atoms with Crippen molar-refractivity contribution < 1.29 is 23.9 Å². The van der Waals surface area contributed by atoms with Crippen LogP contribution in [-0.2, 0) is 9.47 Å². The van der Waals surface area contributed by atoms with Crippen LogP contribution in [0.15, 0.2) is 54.6 Å². The minimum Gasteiger partial charge on any atom is -0.465 e. The van der Waals surface area contributed by atoms with Gasteiger partial charge in [0.25, 0.3) is 0 Å². The first-order valence-corrected chi connectivity index (χ1v) is 9.25. The van der Waals surface area contributed by atoms with Crippen LogP contribution in [0.3, 0.4) is 0 Å². The molecule has 0 spiro atoms. The summed E-state index contributed by atoms with van der Waals surface area (Å²) in [4.78, 5) is 42.8. The molecule has 0 saturated carbocycles. The van der Waals surface area contributed by atoms with Crippen molar-refractivity contribution in [2.24, 2.45) is 0 Å². The average Bonchev–Trinajstić information content (AvgIpc) is 2.77. The molecule has 6 heteroatoms. The third kappa shape index (κ3) is 4.12. The topological polar surface area (TPSA) is 82.6 Å². The van der Waals surface area contributed by atoms with E-state index in [-0.39, 0.29) is 16.8 Å². The molecule has 152 valence electrons. The van der Waals surface area contributed by atoms with Crippen LogP contribution in [-0.4, -0.2) is 36.9 Å². The number of rotatable bonds is 5. The Bertz CT molecular complexity index is 1120. The third-order valence-corrected chi connectivity index (χ3v) is 4.69. The SMILES string of the molecule is COC(=O)c1cc(-c2ccc(C)cc2)nc(C(=O)c2ccc(C)cc2)c1C(=O)OC. The van der Waals surface area contributed by atoms with E-state index in [1.807, 2.05) is 38.1 Å². The Morgan fingerprint density at radius 3 is 1.83 bits per heavy atom. The first kappa shape index (κ1) is 20.9. The number of hydrogen-bond acceptors (Lipinski definition) is 6. The van der Waals surface area contributed by atoms with Gasteiger partial charge in [-0.2, -0.15) is 0 Å². The van der Waals surface area contributed by atoms with Gasteiger partial charge in [-0.1, -0.05) is 59.7 Å². The van der Waals surface area contributed by atoms with Crippen LogP contribution in [0, 0.1) is 13.8 Å². The van der Waals surface area contributed by atoms with Gasteiger partial charge < -0.3 is 9.47 Å². The summed E-state index contributed by atoms with van der Waals surface area (Å²) in [6, 6.07) is 15.8. The molecule has 1 aromatic heterocycles. The number of aryl methyl sites for hydroxylation is 2. The fourth-order valence-corrected chi connectivity index (χ4v) is 3.00. The Kier molecular flexibility index (Phi) is 6.06. The van der Waals surface area contributed by atoms with Crippen molar-refractivity contribution in [1.82, 2.24) is 4.98 Å². The van der Waals surface area contributed by atoms with E-state index in [9.17, 15) is 14.4 Å². The molecule has 0 aliphatic rings. The number of esters is 2. The molecular formula is C24H21NO5. The Labute approximate surface area is 174 Å². The predicted octanol–water partition coefficient (Wildman–Crippen LogP) is 4.17. The first-order valence-electron chi connectivity index (χ1n) is 9.25. The number of hydrogen-bond donors (Lipinski definition) is 0. The van der Waals surface area contributed by atoms with Crippen molar-refractivity contribution in [3.63, 3.8) is 0 Å². The summed E-state index contributed by atoms with van der Waals surface area (Å²) in [5.41, 5.74) is 2.99. The van der Waals surface area contributed by atoms with Crippen molar-refractivity contribution in [3.8, 4) is 11.3 Å². The van der Waals surface area contributed by atoms with Gasteiger partial charge in [-0.05, 0) is 19.9 Å². The van der Waals surface area contributed by atoms with Gasteiger partial charge in [-0.15, -0.1) is 0 Å². The molecule has 0 fully saturated rings. The van der Waals surface area contributed by atoms with Gasteiger partial charge in [0.2, 0.25) is 5.78 Å². The third-order valence-electron chi connectivity index (χ3n) is 4.69. The van der Waals surface area contributed by atoms with Crippen LogP contribution in [0.2, 0.25) is 0 Å². The van der Waals surface area contributed by atoms with Crippen molar-refractivity contribution in [2.45, 2.75) is 13.8 Å². The van der Waals surface area contributed by atoms with Gasteiger partial charge >= 0.3 is 11.9 Å². The Balaban J connectivity index is 2.30. The minimum atomic E-state index is -0.839. The van der Waals surface area contributed by atoms with E-state index in [4.69, 9.17) is 9.47 Å². The van der Waals surface area contributed by atoms with Gasteiger partial charge in [0.05, 0.1) is 25.5 Å². The predicted molar refractivity (Wildman–Crippen MR) is 112 cm³/mol. The van der Waals surface area contributed by atoms with E-state index in [0.29, 0.717) is 16.8 Å². The number of carbonyl (C=O) groups is 3. The molecule has 30 heavy (non-hydrogen) atoms. The molecule has 0 N–H and O–H groups in total. The van der Waals surface area contributed by atoms with Crippen LogP contribution >= 0.6 is 0 Å². The van der Waals surface area contributed by atoms with Crippen LogP contribution in [0.5, 0.6) is 0 Å². The molecule has 0 aliphatic heterocycles. The number of carbonyl (C=O) groups excluding carboxylic acids is 3. The summed E-state index contributed by atoms with van der Waals surface area (Å²) in [5.74, 6) is -2.09. The Hall–Kier alpha value is -3.80. The molecule has 3 aromatic rings. The Morgan fingerprint density at radius 2 is 1.30 bits per heavy atom. The number of ketones is 1. The minimum absolute atomic E-state index is 0.0783. The average molecular weight is 403 g/mol. The lowest BCUT2D eigenvalue weighted by Crippen LogP contribution is -2.20. The molecule has 3 rings (SSSR count). The standard InChI is InChI=1S/C24H21NO5/c1-14-5-9-16(10-6-14)19-13-18(23(27)29-3)20(24(28)30-4)21(25-19)22(26)17-11-7-15(2)8-12-17/h5-13H,1-4H3. The molecule has 2 aromatic carbocycles. The second-order valence-corrected chi connectivity index (χ2v) is 6.82. The van der Waals surface area contributed by atoms with E-state index in [1.165, 1.54) is 20.3 Å². The van der Waals surface area contributed by atoms with Crippen LogP contribution in [0.1, 0.15) is 47.9 Å². The van der Waals surface area contributed by atoms with Gasteiger partial charge in [-0.3, -0.25) is 4.79 Å². The Morgan fingerprint density at radius 1 is 0.767 bits per heavy atom. The second kappa shape index (κ2) is 8.69. The zero-order valence-electron chi connectivity index (χ0n) is 17.2. The summed E-state index contributed by atoms with van der Waals surface area (Å²) in [6.45, 7) is 3.85. The van der Waals surface area contributed by atoms with Crippen molar-refractivity contribution in [2.75, 3.05) is 14.2 Å². The zero-order valence-corrected chi connectivity index (χ0v) is 17.2. The normalized spacial score (nSPS) is 10.4. The number of methoxy groups -OCH3 is 2. The van der Waals surface area contributed by atoms with E-state index in [0.717, 1.165) is 11.1 Å². The smallest absolute Gasteiger partial charge is 0.341 e. The largest absolute Gasteiger partial charge is 0.465 e. The summed E-state index contributed by atoms with van der Waals surface area (Å²) >= 11 is 0. The second-order valence-electron chi connectivity index (χ2n) is 6.82. The highest BCUT2D eigenvalue weighted by molar-refractivity contribution is 6.16. The zero-order chi connectivity index (χ0) is 21.8. The van der Waals surface area contributed by atoms with Crippen molar-refractivity contribution in [1.29, 1.82) is 0 Å². The number of nitrogens with zero attached hydrogens (tertiary/aromatic N) is 1. The van der Waals surface area contributed by atoms with Crippen molar-refractivity contribution in [3.05, 3.63) is 88.1 Å². The molecule has 1 heterocycles. The monoisotopic (exact) mass is 403 g/mol. The van der Waals surface area contributed by atoms with Crippen LogP contribution < -0.4 is 0 Å². The quantitative estimate of drug-likeness (QED) is 0.470. The van der Waals surface area contributed by atoms with E-state index < -0.39 is 17.7 Å². The molecule has 0 atom stereocenters. The van der Waals surface area contributed by atoms with Gasteiger partial charge in [0.15, 0.2) is 0 Å². The molecule has 0 bridgehead atoms. The lowest BCUT2D eigenvalue weighted by Gasteiger charge is -2.14. The van der Waals surface area contributed by atoms with E-state index >= 15 is 0 Å². The molecular weight excluding hydrogens is 382 g/mol. The maximum absolute atomic E-state index is 13.3. The van der Waals surface area contributed by atoms with Crippen LogP contribution in [0.4, 0.5) is 0 Å². The van der Waals surface area contributed by atoms with Gasteiger partial charge in [0.1, 0.15) is 11.3 Å². The molecule has 0 unspecified atom stereocenters. The number of aromatic nitrogens is 1. The number of ether oxygens (including phenoxy) is 2. The van der Waals surface area contributed by atoms with Gasteiger partial charge in [0, 0.05) is 11.1 Å². The van der Waals surface area contributed by atoms with E-state index in [1.54, 1.807) is 24.3 Å². The molecule has 0 amide bonds. The maximum atomic E-state index is 13.3. The van der Waals surface area contributed by atoms with Crippen molar-refractivity contribution >= 4 is 17.7 Å². The fraction of sp³-hybridized carbons (Fsp3) is 0.167. The summed E-state index contributed by atoms with van der Waals surface area (Å²) < 4.78 is 9.69. The summed E-state index contributed by atoms with van der Waals surface area (Å²) in [6.07, 6.45) is 0. The lowest BCUT2D eigenvalue weighted by molar-refractivity contribution is 0.0553. The summed E-state index contributed by atoms with van der Waals surface area (Å²) in [5, 5.41) is 0. The molecule has 0 aliphatic carbocycles. The fourth-order valence-electron chi connectivity index (χ4n) is 3.00. The lowest BCUT2D eigenvalue weighted by atomic mass is 9.96. The van der Waals surface area contributed by atoms with Gasteiger partial charge in [-0.25, -0.2) is 14.6 Å². The highest BCUT2D eigenvalue weighted by atomic mass is 16.5. The number of pyridine rings is 1. The first-order chi connectivity index (χ1) is 14.3. The number of benzene rings is 2. The molecule has 0 radical (unpaired) electrons. The molecule has 6 nitrogen and oxygen atoms in total. The highest BCUT2D eigenvalue weighted by Gasteiger charge is 2.29. The molecule has 0 saturated heterocycles. The van der Waals surface area contributed by atoms with E-state index in [2.05, 4.69) is 4.98 Å². The maximum Gasteiger partial charge on any atom is 0.341 e. The highest BCUT2D eigenvalue weighted by Crippen LogP contribution is 2.26.